The second-order valence-electron chi connectivity index (χ2n) is 4.82. The molecule has 1 aromatic rings. The molecular formula is C12H18BrN3O3S2. The Labute approximate surface area is 137 Å². The number of hydrogen-bond donors (Lipinski definition) is 2. The number of nitrogens with zero attached hydrogens (tertiary/aromatic N) is 1. The minimum absolute atomic E-state index is 0.155. The number of likely N-dealkylation sites (N-methyl/N-ethyl adjacent to an activating group) is 1. The van der Waals surface area contributed by atoms with E-state index in [-0.39, 0.29) is 22.7 Å². The zero-order valence-electron chi connectivity index (χ0n) is 11.6. The lowest BCUT2D eigenvalue weighted by molar-refractivity contribution is -0.130. The highest BCUT2D eigenvalue weighted by molar-refractivity contribution is 9.11. The number of carbonyl (C=O) groups excluding carboxylic acids is 1. The molecule has 9 heteroatoms. The molecule has 0 radical (unpaired) electrons. The van der Waals surface area contributed by atoms with Gasteiger partial charge < -0.3 is 10.2 Å². The second kappa shape index (κ2) is 7.19. The van der Waals surface area contributed by atoms with E-state index < -0.39 is 10.0 Å². The van der Waals surface area contributed by atoms with Crippen LogP contribution in [-0.2, 0) is 14.8 Å². The van der Waals surface area contributed by atoms with Gasteiger partial charge in [0.15, 0.2) is 0 Å². The highest BCUT2D eigenvalue weighted by Crippen LogP contribution is 2.25. The van der Waals surface area contributed by atoms with Crippen molar-refractivity contribution in [3.63, 3.8) is 0 Å². The van der Waals surface area contributed by atoms with Gasteiger partial charge in [-0.1, -0.05) is 0 Å². The maximum atomic E-state index is 12.2. The normalized spacial score (nSPS) is 19.1. The van der Waals surface area contributed by atoms with Crippen LogP contribution in [0.15, 0.2) is 20.1 Å². The molecule has 21 heavy (non-hydrogen) atoms. The van der Waals surface area contributed by atoms with E-state index in [0.29, 0.717) is 6.54 Å². The van der Waals surface area contributed by atoms with Gasteiger partial charge in [-0.15, -0.1) is 11.3 Å². The van der Waals surface area contributed by atoms with Gasteiger partial charge in [0.25, 0.3) is 10.0 Å². The van der Waals surface area contributed by atoms with E-state index in [1.54, 1.807) is 11.0 Å². The molecule has 1 saturated heterocycles. The molecule has 0 saturated carbocycles. The zero-order chi connectivity index (χ0) is 15.5. The molecule has 2 N–H and O–H groups in total. The summed E-state index contributed by atoms with van der Waals surface area (Å²) in [6.07, 6.45) is 1.92. The van der Waals surface area contributed by atoms with Gasteiger partial charge in [-0.25, -0.2) is 13.1 Å². The van der Waals surface area contributed by atoms with Crippen LogP contribution in [0.5, 0.6) is 0 Å². The predicted molar refractivity (Wildman–Crippen MR) is 85.9 cm³/mol. The molecule has 2 rings (SSSR count). The molecule has 1 atom stereocenters. The monoisotopic (exact) mass is 395 g/mol. The Kier molecular flexibility index (Phi) is 5.78. The van der Waals surface area contributed by atoms with E-state index in [1.807, 2.05) is 7.05 Å². The smallest absolute Gasteiger partial charge is 0.250 e. The van der Waals surface area contributed by atoms with Gasteiger partial charge in [0, 0.05) is 19.1 Å². The molecule has 1 aromatic heterocycles. The Balaban J connectivity index is 1.94. The molecule has 6 nitrogen and oxygen atoms in total. The van der Waals surface area contributed by atoms with E-state index in [9.17, 15) is 13.2 Å². The number of rotatable bonds is 6. The van der Waals surface area contributed by atoms with Gasteiger partial charge >= 0.3 is 0 Å². The van der Waals surface area contributed by atoms with Crippen molar-refractivity contribution in [1.82, 2.24) is 14.9 Å². The largest absolute Gasteiger partial charge is 0.337 e. The molecule has 0 aromatic carbocycles. The molecule has 1 unspecified atom stereocenters. The van der Waals surface area contributed by atoms with Crippen molar-refractivity contribution < 1.29 is 13.2 Å². The summed E-state index contributed by atoms with van der Waals surface area (Å²) in [5.41, 5.74) is 0. The fourth-order valence-corrected chi connectivity index (χ4v) is 5.41. The molecule has 0 bridgehead atoms. The third-order valence-electron chi connectivity index (χ3n) is 3.36. The van der Waals surface area contributed by atoms with Crippen LogP contribution >= 0.6 is 27.3 Å². The highest BCUT2D eigenvalue weighted by atomic mass is 79.9. The summed E-state index contributed by atoms with van der Waals surface area (Å²) >= 11 is 4.35. The Morgan fingerprint density at radius 2 is 2.29 bits per heavy atom. The Morgan fingerprint density at radius 1 is 1.52 bits per heavy atom. The van der Waals surface area contributed by atoms with Crippen molar-refractivity contribution in [3.05, 3.63) is 15.9 Å². The molecular weight excluding hydrogens is 378 g/mol. The molecule has 1 aliphatic rings. The molecule has 0 aliphatic carbocycles. The third-order valence-corrected chi connectivity index (χ3v) is 6.88. The minimum atomic E-state index is -3.62. The average molecular weight is 396 g/mol. The number of halogens is 1. The molecule has 0 spiro atoms. The van der Waals surface area contributed by atoms with Gasteiger partial charge in [-0.2, -0.15) is 0 Å². The molecule has 1 aliphatic heterocycles. The van der Waals surface area contributed by atoms with E-state index in [4.69, 9.17) is 0 Å². The van der Waals surface area contributed by atoms with Crippen molar-refractivity contribution in [3.8, 4) is 0 Å². The Bertz CT molecular complexity index is 603. The van der Waals surface area contributed by atoms with Crippen molar-refractivity contribution in [2.45, 2.75) is 23.1 Å². The summed E-state index contributed by atoms with van der Waals surface area (Å²) in [6, 6.07) is 3.34. The lowest BCUT2D eigenvalue weighted by Crippen LogP contribution is -2.45. The Morgan fingerprint density at radius 3 is 2.90 bits per heavy atom. The minimum Gasteiger partial charge on any atom is -0.337 e. The van der Waals surface area contributed by atoms with Crippen molar-refractivity contribution in [2.24, 2.45) is 0 Å². The first-order chi connectivity index (χ1) is 9.94. The van der Waals surface area contributed by atoms with Gasteiger partial charge in [0.2, 0.25) is 5.91 Å². The first-order valence-corrected chi connectivity index (χ1v) is 9.72. The number of sulfonamides is 1. The van der Waals surface area contributed by atoms with E-state index >= 15 is 0 Å². The first kappa shape index (κ1) is 16.9. The van der Waals surface area contributed by atoms with Crippen LogP contribution in [0.25, 0.3) is 0 Å². The standard InChI is InChI=1S/C12H18BrN3O3S2/c1-14-7-9-3-2-6-16(9)11(17)8-15-21(18,19)12-5-4-10(13)20-12/h4-5,9,14-15H,2-3,6-8H2,1H3. The van der Waals surface area contributed by atoms with Gasteiger partial charge in [-0.05, 0) is 48.0 Å². The third kappa shape index (κ3) is 4.26. The SMILES string of the molecule is CNCC1CCCN1C(=O)CNS(=O)(=O)c1ccc(Br)s1. The summed E-state index contributed by atoms with van der Waals surface area (Å²) in [5.74, 6) is -0.174. The van der Waals surface area contributed by atoms with Crippen molar-refractivity contribution >= 4 is 43.2 Å². The molecule has 1 amide bonds. The first-order valence-electron chi connectivity index (χ1n) is 6.63. The lowest BCUT2D eigenvalue weighted by atomic mass is 10.2. The summed E-state index contributed by atoms with van der Waals surface area (Å²) < 4.78 is 27.5. The van der Waals surface area contributed by atoms with Crippen LogP contribution < -0.4 is 10.0 Å². The van der Waals surface area contributed by atoms with Crippen LogP contribution in [-0.4, -0.2) is 51.9 Å². The van der Waals surface area contributed by atoms with Crippen LogP contribution in [0.4, 0.5) is 0 Å². The number of amides is 1. The topological polar surface area (TPSA) is 78.5 Å². The number of hydrogen-bond acceptors (Lipinski definition) is 5. The van der Waals surface area contributed by atoms with E-state index in [1.165, 1.54) is 6.07 Å². The summed E-state index contributed by atoms with van der Waals surface area (Å²) in [4.78, 5) is 13.9. The van der Waals surface area contributed by atoms with Crippen LogP contribution in [0.3, 0.4) is 0 Å². The molecule has 118 valence electrons. The number of thiophene rings is 1. The van der Waals surface area contributed by atoms with Crippen LogP contribution in [0.1, 0.15) is 12.8 Å². The van der Waals surface area contributed by atoms with Crippen molar-refractivity contribution in [2.75, 3.05) is 26.7 Å². The van der Waals surface area contributed by atoms with Crippen LogP contribution in [0, 0.1) is 0 Å². The summed E-state index contributed by atoms with van der Waals surface area (Å²) in [6.45, 7) is 1.23. The predicted octanol–water partition coefficient (Wildman–Crippen LogP) is 0.999. The zero-order valence-corrected chi connectivity index (χ0v) is 14.9. The number of nitrogens with one attached hydrogen (secondary N) is 2. The summed E-state index contributed by atoms with van der Waals surface area (Å²) in [7, 11) is -1.77. The average Bonchev–Trinajstić information content (AvgIpc) is 3.06. The number of carbonyl (C=O) groups is 1. The highest BCUT2D eigenvalue weighted by Gasteiger charge is 2.29. The fourth-order valence-electron chi connectivity index (χ4n) is 2.38. The maximum absolute atomic E-state index is 12.2. The van der Waals surface area contributed by atoms with Gasteiger partial charge in [0.05, 0.1) is 10.3 Å². The number of likely N-dealkylation sites (tertiary alicyclic amines) is 1. The Hall–Kier alpha value is -0.480. The molecule has 2 heterocycles. The van der Waals surface area contributed by atoms with Gasteiger partial charge in [0.1, 0.15) is 4.21 Å². The van der Waals surface area contributed by atoms with Crippen LogP contribution in [0.2, 0.25) is 0 Å². The van der Waals surface area contributed by atoms with Crippen molar-refractivity contribution in [1.29, 1.82) is 0 Å². The van der Waals surface area contributed by atoms with Gasteiger partial charge in [-0.3, -0.25) is 4.79 Å². The lowest BCUT2D eigenvalue weighted by Gasteiger charge is -2.24. The summed E-state index contributed by atoms with van der Waals surface area (Å²) in [5, 5.41) is 3.06. The molecule has 1 fully saturated rings. The quantitative estimate of drug-likeness (QED) is 0.752. The maximum Gasteiger partial charge on any atom is 0.250 e. The van der Waals surface area contributed by atoms with E-state index in [0.717, 1.165) is 34.5 Å². The van der Waals surface area contributed by atoms with E-state index in [2.05, 4.69) is 26.0 Å². The fraction of sp³-hybridized carbons (Fsp3) is 0.583. The second-order valence-corrected chi connectivity index (χ2v) is 9.28.